The minimum Gasteiger partial charge on any atom is -0.383 e. The molecule has 0 saturated carbocycles. The Balaban J connectivity index is 1.66. The van der Waals surface area contributed by atoms with Crippen LogP contribution in [0.1, 0.15) is 42.9 Å². The van der Waals surface area contributed by atoms with Gasteiger partial charge in [-0.1, -0.05) is 0 Å². The highest BCUT2D eigenvalue weighted by molar-refractivity contribution is 5.56. The molecule has 7 nitrogen and oxygen atoms in total. The molecule has 10 heteroatoms. The number of halogens is 3. The summed E-state index contributed by atoms with van der Waals surface area (Å²) >= 11 is 0. The van der Waals surface area contributed by atoms with Gasteiger partial charge in [0.2, 0.25) is 5.95 Å². The number of hydrogen-bond acceptors (Lipinski definition) is 7. The van der Waals surface area contributed by atoms with E-state index in [1.54, 1.807) is 7.11 Å². The number of pyridine rings is 1. The molecule has 4 heterocycles. The van der Waals surface area contributed by atoms with Crippen molar-refractivity contribution in [3.05, 3.63) is 35.7 Å². The lowest BCUT2D eigenvalue weighted by atomic mass is 9.96. The number of alkyl halides is 3. The maximum absolute atomic E-state index is 13.1. The van der Waals surface area contributed by atoms with Crippen molar-refractivity contribution in [2.24, 2.45) is 0 Å². The third-order valence-corrected chi connectivity index (χ3v) is 5.71. The summed E-state index contributed by atoms with van der Waals surface area (Å²) in [5.41, 5.74) is 0.106. The third kappa shape index (κ3) is 5.24. The molecule has 2 fully saturated rings. The summed E-state index contributed by atoms with van der Waals surface area (Å²) in [6.07, 6.45) is 0.389. The van der Waals surface area contributed by atoms with E-state index in [0.29, 0.717) is 31.6 Å². The van der Waals surface area contributed by atoms with Crippen LogP contribution in [0.3, 0.4) is 0 Å². The minimum atomic E-state index is -4.44. The molecule has 2 saturated heterocycles. The molecule has 0 bridgehead atoms. The molecule has 1 atom stereocenters. The van der Waals surface area contributed by atoms with Gasteiger partial charge in [0.25, 0.3) is 0 Å². The molecule has 0 unspecified atom stereocenters. The second-order valence-corrected chi connectivity index (χ2v) is 7.86. The topological polar surface area (TPSA) is 72.4 Å². The van der Waals surface area contributed by atoms with Gasteiger partial charge in [0, 0.05) is 45.0 Å². The predicted molar refractivity (Wildman–Crippen MR) is 110 cm³/mol. The maximum atomic E-state index is 13.1. The van der Waals surface area contributed by atoms with Crippen molar-refractivity contribution in [3.63, 3.8) is 0 Å². The number of aromatic nitrogens is 3. The lowest BCUT2D eigenvalue weighted by Crippen LogP contribution is -2.34. The minimum absolute atomic E-state index is 0.0901. The zero-order chi connectivity index (χ0) is 21.8. The van der Waals surface area contributed by atoms with Crippen LogP contribution in [-0.2, 0) is 15.7 Å². The van der Waals surface area contributed by atoms with Crippen LogP contribution in [0.15, 0.2) is 24.4 Å². The number of nitrogens with one attached hydrogen (secondary N) is 1. The predicted octanol–water partition coefficient (Wildman–Crippen LogP) is 4.14. The lowest BCUT2D eigenvalue weighted by Gasteiger charge is -2.27. The monoisotopic (exact) mass is 437 g/mol. The molecule has 4 rings (SSSR count). The molecule has 0 aromatic carbocycles. The first-order valence-electron chi connectivity index (χ1n) is 10.5. The van der Waals surface area contributed by atoms with Crippen molar-refractivity contribution in [2.75, 3.05) is 43.7 Å². The van der Waals surface area contributed by atoms with Crippen LogP contribution in [0, 0.1) is 0 Å². The molecule has 2 aliphatic rings. The molecule has 0 spiro atoms. The number of hydrogen-bond donors (Lipinski definition) is 1. The smallest absolute Gasteiger partial charge is 0.383 e. The van der Waals surface area contributed by atoms with Crippen molar-refractivity contribution < 1.29 is 22.6 Å². The van der Waals surface area contributed by atoms with Crippen LogP contribution in [0.2, 0.25) is 0 Å². The quantitative estimate of drug-likeness (QED) is 0.728. The largest absolute Gasteiger partial charge is 0.416 e. The molecule has 1 N–H and O–H groups in total. The zero-order valence-corrected chi connectivity index (χ0v) is 17.4. The molecular formula is C21H26F3N5O2. The molecule has 0 radical (unpaired) electrons. The molecule has 168 valence electrons. The Bertz CT molecular complexity index is 890. The third-order valence-electron chi connectivity index (χ3n) is 5.71. The van der Waals surface area contributed by atoms with E-state index in [0.717, 1.165) is 56.3 Å². The van der Waals surface area contributed by atoms with Crippen molar-refractivity contribution in [2.45, 2.75) is 43.8 Å². The van der Waals surface area contributed by atoms with Crippen LogP contribution in [0.4, 0.5) is 30.8 Å². The van der Waals surface area contributed by atoms with E-state index in [-0.39, 0.29) is 17.8 Å². The van der Waals surface area contributed by atoms with Gasteiger partial charge in [0.05, 0.1) is 23.9 Å². The van der Waals surface area contributed by atoms with Crippen molar-refractivity contribution in [3.8, 4) is 0 Å². The van der Waals surface area contributed by atoms with E-state index in [9.17, 15) is 13.2 Å². The van der Waals surface area contributed by atoms with Gasteiger partial charge in [-0.3, -0.25) is 0 Å². The van der Waals surface area contributed by atoms with E-state index in [1.807, 2.05) is 6.07 Å². The van der Waals surface area contributed by atoms with Crippen LogP contribution < -0.4 is 10.2 Å². The first kappa shape index (κ1) is 21.8. The van der Waals surface area contributed by atoms with Gasteiger partial charge in [0.15, 0.2) is 0 Å². The van der Waals surface area contributed by atoms with E-state index in [2.05, 4.69) is 20.2 Å². The van der Waals surface area contributed by atoms with Gasteiger partial charge in [0.1, 0.15) is 11.6 Å². The Morgan fingerprint density at radius 1 is 1.16 bits per heavy atom. The van der Waals surface area contributed by atoms with Gasteiger partial charge in [-0.25, -0.2) is 9.97 Å². The Morgan fingerprint density at radius 3 is 2.71 bits per heavy atom. The first-order valence-corrected chi connectivity index (χ1v) is 10.5. The van der Waals surface area contributed by atoms with Crippen molar-refractivity contribution in [1.29, 1.82) is 0 Å². The molecule has 0 aliphatic carbocycles. The fraction of sp³-hybridized carbons (Fsp3) is 0.571. The van der Waals surface area contributed by atoms with Crippen molar-refractivity contribution in [1.82, 2.24) is 15.0 Å². The summed E-state index contributed by atoms with van der Waals surface area (Å²) in [7, 11) is 1.67. The second-order valence-electron chi connectivity index (χ2n) is 7.86. The number of methoxy groups -OCH3 is 1. The van der Waals surface area contributed by atoms with Crippen LogP contribution in [0.5, 0.6) is 0 Å². The summed E-state index contributed by atoms with van der Waals surface area (Å²) < 4.78 is 50.1. The number of nitrogens with zero attached hydrogens (tertiary/aromatic N) is 4. The van der Waals surface area contributed by atoms with Crippen LogP contribution >= 0.6 is 0 Å². The van der Waals surface area contributed by atoms with Gasteiger partial charge in [-0.15, -0.1) is 0 Å². The summed E-state index contributed by atoms with van der Waals surface area (Å²) in [5, 5.41) is 2.96. The first-order chi connectivity index (χ1) is 14.9. The fourth-order valence-corrected chi connectivity index (χ4v) is 4.12. The molecule has 31 heavy (non-hydrogen) atoms. The number of anilines is 3. The summed E-state index contributed by atoms with van der Waals surface area (Å²) in [6, 6.07) is 3.92. The van der Waals surface area contributed by atoms with Gasteiger partial charge < -0.3 is 19.7 Å². The molecule has 2 aromatic heterocycles. The average molecular weight is 437 g/mol. The average Bonchev–Trinajstić information content (AvgIpc) is 3.22. The van der Waals surface area contributed by atoms with Gasteiger partial charge in [-0.2, -0.15) is 18.2 Å². The lowest BCUT2D eigenvalue weighted by molar-refractivity contribution is -0.137. The molecule has 2 aromatic rings. The number of ether oxygens (including phenoxy) is 2. The Labute approximate surface area is 179 Å². The van der Waals surface area contributed by atoms with Crippen LogP contribution in [-0.4, -0.2) is 54.5 Å². The van der Waals surface area contributed by atoms with E-state index < -0.39 is 11.7 Å². The fourth-order valence-electron chi connectivity index (χ4n) is 4.12. The second kappa shape index (κ2) is 9.35. The normalized spacial score (nSPS) is 20.3. The molecule has 0 amide bonds. The Kier molecular flexibility index (Phi) is 6.57. The molecule has 2 aliphatic heterocycles. The van der Waals surface area contributed by atoms with Gasteiger partial charge >= 0.3 is 6.18 Å². The highest BCUT2D eigenvalue weighted by Crippen LogP contribution is 2.33. The molecular weight excluding hydrogens is 411 g/mol. The standard InChI is InChI=1S/C21H26F3N5O2/c1-30-13-16-3-2-8-29(16)20-26-17(14-5-9-31-10-6-14)12-19(28-20)27-18-11-15(4-7-25-18)21(22,23)24/h4,7,11-12,14,16H,2-3,5-6,8-10,13H2,1H3,(H,25,26,27,28)/t16-/m1/s1. The highest BCUT2D eigenvalue weighted by Gasteiger charge is 2.31. The Morgan fingerprint density at radius 2 is 1.97 bits per heavy atom. The highest BCUT2D eigenvalue weighted by atomic mass is 19.4. The summed E-state index contributed by atoms with van der Waals surface area (Å²) in [6.45, 7) is 2.71. The maximum Gasteiger partial charge on any atom is 0.416 e. The summed E-state index contributed by atoms with van der Waals surface area (Å²) in [5.74, 6) is 1.31. The van der Waals surface area contributed by atoms with Gasteiger partial charge in [-0.05, 0) is 37.8 Å². The van der Waals surface area contributed by atoms with E-state index in [1.165, 1.54) is 0 Å². The number of rotatable bonds is 6. The van der Waals surface area contributed by atoms with Crippen molar-refractivity contribution >= 4 is 17.6 Å². The van der Waals surface area contributed by atoms with E-state index in [4.69, 9.17) is 14.5 Å². The van der Waals surface area contributed by atoms with E-state index >= 15 is 0 Å². The Hall–Kier alpha value is -2.46. The zero-order valence-electron chi connectivity index (χ0n) is 17.4. The summed E-state index contributed by atoms with van der Waals surface area (Å²) in [4.78, 5) is 15.6. The SMILES string of the molecule is COC[C@H]1CCCN1c1nc(Nc2cc(C(F)(F)F)ccn2)cc(C2CCOCC2)n1. The van der Waals surface area contributed by atoms with Crippen LogP contribution in [0.25, 0.3) is 0 Å².